The zero-order valence-corrected chi connectivity index (χ0v) is 17.2. The number of rotatable bonds is 6. The Morgan fingerprint density at radius 3 is 2.40 bits per heavy atom. The van der Waals surface area contributed by atoms with Crippen LogP contribution in [0.25, 0.3) is 0 Å². The number of piperazine rings is 1. The van der Waals surface area contributed by atoms with E-state index in [9.17, 15) is 4.79 Å². The molecule has 30 heavy (non-hydrogen) atoms. The number of hydrogen-bond donors (Lipinski definition) is 1. The molecule has 0 bridgehead atoms. The van der Waals surface area contributed by atoms with E-state index in [0.29, 0.717) is 39.1 Å². The van der Waals surface area contributed by atoms with E-state index in [1.54, 1.807) is 0 Å². The van der Waals surface area contributed by atoms with Crippen LogP contribution in [-0.2, 0) is 22.4 Å². The third-order valence-electron chi connectivity index (χ3n) is 5.60. The van der Waals surface area contributed by atoms with Gasteiger partial charge in [-0.25, -0.2) is 9.97 Å². The van der Waals surface area contributed by atoms with E-state index in [0.717, 1.165) is 48.9 Å². The number of ether oxygens (including phenoxy) is 1. The number of amides is 1. The van der Waals surface area contributed by atoms with Crippen LogP contribution in [-0.4, -0.2) is 79.5 Å². The van der Waals surface area contributed by atoms with Gasteiger partial charge in [-0.2, -0.15) is 0 Å². The number of benzene rings is 1. The van der Waals surface area contributed by atoms with Gasteiger partial charge in [0.15, 0.2) is 0 Å². The largest absolute Gasteiger partial charge is 0.378 e. The molecule has 0 atom stereocenters. The summed E-state index contributed by atoms with van der Waals surface area (Å²) in [5, 5.41) is 7.25. The Labute approximate surface area is 177 Å². The van der Waals surface area contributed by atoms with E-state index in [1.807, 2.05) is 41.6 Å². The van der Waals surface area contributed by atoms with E-state index in [1.165, 1.54) is 6.21 Å². The highest BCUT2D eigenvalue weighted by molar-refractivity contribution is 5.79. The first-order valence-corrected chi connectivity index (χ1v) is 10.5. The van der Waals surface area contributed by atoms with Gasteiger partial charge in [-0.1, -0.05) is 24.3 Å². The number of morpholine rings is 1. The van der Waals surface area contributed by atoms with Crippen LogP contribution in [0.4, 0.5) is 11.6 Å². The van der Waals surface area contributed by atoms with Crippen LogP contribution in [0.1, 0.15) is 11.1 Å². The minimum absolute atomic E-state index is 0.153. The molecule has 8 nitrogen and oxygen atoms in total. The standard InChI is InChI=1S/C22H28N6O2/c23-5-4-18-2-1-3-19(14-18)15-21(29)27-8-6-26(7-9-27)20-16-24-22(25-17-20)28-10-12-30-13-11-28/h1-3,5,14,16-17,23H,4,6-13,15H2. The molecule has 3 heterocycles. The van der Waals surface area contributed by atoms with Gasteiger partial charge in [-0.15, -0.1) is 0 Å². The Hall–Kier alpha value is -3.00. The van der Waals surface area contributed by atoms with Crippen LogP contribution in [0.15, 0.2) is 36.7 Å². The van der Waals surface area contributed by atoms with E-state index < -0.39 is 0 Å². The fraction of sp³-hybridized carbons (Fsp3) is 0.455. The van der Waals surface area contributed by atoms with Crippen LogP contribution in [0.2, 0.25) is 0 Å². The molecule has 2 aliphatic heterocycles. The fourth-order valence-corrected chi connectivity index (χ4v) is 3.89. The molecule has 1 N–H and O–H groups in total. The minimum Gasteiger partial charge on any atom is -0.378 e. The zero-order chi connectivity index (χ0) is 20.8. The van der Waals surface area contributed by atoms with Gasteiger partial charge in [0.25, 0.3) is 0 Å². The number of carbonyl (C=O) groups is 1. The van der Waals surface area contributed by atoms with Crippen LogP contribution in [0.3, 0.4) is 0 Å². The molecule has 2 aliphatic rings. The molecule has 158 valence electrons. The summed E-state index contributed by atoms with van der Waals surface area (Å²) in [6, 6.07) is 7.95. The van der Waals surface area contributed by atoms with Crippen LogP contribution in [0, 0.1) is 5.41 Å². The lowest BCUT2D eigenvalue weighted by atomic mass is 10.1. The first-order chi connectivity index (χ1) is 14.7. The van der Waals surface area contributed by atoms with Gasteiger partial charge >= 0.3 is 0 Å². The quantitative estimate of drug-likeness (QED) is 0.727. The molecule has 1 amide bonds. The highest BCUT2D eigenvalue weighted by Crippen LogP contribution is 2.18. The molecule has 0 spiro atoms. The molecular weight excluding hydrogens is 380 g/mol. The highest BCUT2D eigenvalue weighted by Gasteiger charge is 2.22. The summed E-state index contributed by atoms with van der Waals surface area (Å²) in [6.45, 7) is 6.03. The average Bonchev–Trinajstić information content (AvgIpc) is 2.80. The number of nitrogens with zero attached hydrogens (tertiary/aromatic N) is 5. The molecule has 0 saturated carbocycles. The SMILES string of the molecule is N=CCc1cccc(CC(=O)N2CCN(c3cnc(N4CCOCC4)nc3)CC2)c1. The van der Waals surface area contributed by atoms with Crippen LogP contribution in [0.5, 0.6) is 0 Å². The number of nitrogens with one attached hydrogen (secondary N) is 1. The lowest BCUT2D eigenvalue weighted by molar-refractivity contribution is -0.130. The predicted molar refractivity (Wildman–Crippen MR) is 116 cm³/mol. The van der Waals surface area contributed by atoms with Crippen molar-refractivity contribution >= 4 is 23.8 Å². The molecule has 1 aromatic carbocycles. The summed E-state index contributed by atoms with van der Waals surface area (Å²) < 4.78 is 5.38. The molecule has 8 heteroatoms. The maximum absolute atomic E-state index is 12.7. The second kappa shape index (κ2) is 9.67. The summed E-state index contributed by atoms with van der Waals surface area (Å²) in [6.07, 6.45) is 6.15. The van der Waals surface area contributed by atoms with E-state index >= 15 is 0 Å². The Morgan fingerprint density at radius 2 is 1.70 bits per heavy atom. The van der Waals surface area contributed by atoms with Crippen molar-refractivity contribution in [3.8, 4) is 0 Å². The van der Waals surface area contributed by atoms with Crippen molar-refractivity contribution in [2.75, 3.05) is 62.3 Å². The molecule has 0 unspecified atom stereocenters. The van der Waals surface area contributed by atoms with Crippen molar-refractivity contribution in [2.24, 2.45) is 0 Å². The molecule has 2 aromatic rings. The number of hydrogen-bond acceptors (Lipinski definition) is 7. The molecular formula is C22H28N6O2. The number of aromatic nitrogens is 2. The lowest BCUT2D eigenvalue weighted by Gasteiger charge is -2.36. The van der Waals surface area contributed by atoms with Crippen molar-refractivity contribution < 1.29 is 9.53 Å². The van der Waals surface area contributed by atoms with Crippen molar-refractivity contribution in [1.29, 1.82) is 5.41 Å². The highest BCUT2D eigenvalue weighted by atomic mass is 16.5. The average molecular weight is 409 g/mol. The normalized spacial score (nSPS) is 17.1. The maximum atomic E-state index is 12.7. The summed E-state index contributed by atoms with van der Waals surface area (Å²) in [5.74, 6) is 0.904. The van der Waals surface area contributed by atoms with Crippen LogP contribution < -0.4 is 9.80 Å². The van der Waals surface area contributed by atoms with Crippen molar-refractivity contribution in [2.45, 2.75) is 12.8 Å². The van der Waals surface area contributed by atoms with Crippen LogP contribution >= 0.6 is 0 Å². The molecule has 0 aliphatic carbocycles. The van der Waals surface area contributed by atoms with Gasteiger partial charge < -0.3 is 24.8 Å². The summed E-state index contributed by atoms with van der Waals surface area (Å²) in [4.78, 5) is 28.1. The molecule has 2 fully saturated rings. The lowest BCUT2D eigenvalue weighted by Crippen LogP contribution is -2.49. The van der Waals surface area contributed by atoms with Crippen molar-refractivity contribution in [1.82, 2.24) is 14.9 Å². The first kappa shape index (κ1) is 20.3. The number of carbonyl (C=O) groups excluding carboxylic acids is 1. The third-order valence-corrected chi connectivity index (χ3v) is 5.60. The Bertz CT molecular complexity index is 858. The van der Waals surface area contributed by atoms with Gasteiger partial charge in [0.05, 0.1) is 37.7 Å². The predicted octanol–water partition coefficient (Wildman–Crippen LogP) is 1.40. The molecule has 1 aromatic heterocycles. The minimum atomic E-state index is 0.153. The second-order valence-corrected chi connectivity index (χ2v) is 7.61. The summed E-state index contributed by atoms with van der Waals surface area (Å²) in [7, 11) is 0. The first-order valence-electron chi connectivity index (χ1n) is 10.5. The zero-order valence-electron chi connectivity index (χ0n) is 17.2. The van der Waals surface area contributed by atoms with Gasteiger partial charge in [-0.3, -0.25) is 4.79 Å². The van der Waals surface area contributed by atoms with Crippen molar-refractivity contribution in [3.63, 3.8) is 0 Å². The summed E-state index contributed by atoms with van der Waals surface area (Å²) >= 11 is 0. The smallest absolute Gasteiger partial charge is 0.227 e. The Morgan fingerprint density at radius 1 is 1.00 bits per heavy atom. The molecule has 4 rings (SSSR count). The second-order valence-electron chi connectivity index (χ2n) is 7.61. The Kier molecular flexibility index (Phi) is 6.53. The van der Waals surface area contributed by atoms with Gasteiger partial charge in [-0.05, 0) is 17.3 Å². The van der Waals surface area contributed by atoms with E-state index in [4.69, 9.17) is 10.1 Å². The molecule has 2 saturated heterocycles. The maximum Gasteiger partial charge on any atom is 0.227 e. The monoisotopic (exact) mass is 408 g/mol. The Balaban J connectivity index is 1.29. The van der Waals surface area contributed by atoms with Crippen molar-refractivity contribution in [3.05, 3.63) is 47.8 Å². The van der Waals surface area contributed by atoms with Gasteiger partial charge in [0.1, 0.15) is 0 Å². The van der Waals surface area contributed by atoms with Gasteiger partial charge in [0.2, 0.25) is 11.9 Å². The number of anilines is 2. The topological polar surface area (TPSA) is 85.7 Å². The fourth-order valence-electron chi connectivity index (χ4n) is 3.89. The third kappa shape index (κ3) is 4.94. The van der Waals surface area contributed by atoms with E-state index in [2.05, 4.69) is 19.8 Å². The van der Waals surface area contributed by atoms with E-state index in [-0.39, 0.29) is 5.91 Å². The summed E-state index contributed by atoms with van der Waals surface area (Å²) in [5.41, 5.74) is 3.08. The molecule has 0 radical (unpaired) electrons. The van der Waals surface area contributed by atoms with Gasteiger partial charge in [0, 0.05) is 45.7 Å².